The minimum Gasteiger partial charge on any atom is -0.444 e. The lowest BCUT2D eigenvalue weighted by atomic mass is 9.95. The van der Waals surface area contributed by atoms with Crippen LogP contribution < -0.4 is 10.6 Å². The van der Waals surface area contributed by atoms with Gasteiger partial charge in [0.1, 0.15) is 18.2 Å². The van der Waals surface area contributed by atoms with Crippen molar-refractivity contribution in [2.24, 2.45) is 0 Å². The van der Waals surface area contributed by atoms with E-state index < -0.39 is 23.3 Å². The molecule has 0 radical (unpaired) electrons. The summed E-state index contributed by atoms with van der Waals surface area (Å²) in [7, 11) is 0. The molecule has 0 fully saturated rings. The molecule has 0 saturated heterocycles. The Morgan fingerprint density at radius 1 is 0.944 bits per heavy atom. The summed E-state index contributed by atoms with van der Waals surface area (Å²) in [6.45, 7) is 17.4. The van der Waals surface area contributed by atoms with Gasteiger partial charge in [-0.2, -0.15) is 0 Å². The number of hydrogen-bond acceptors (Lipinski definition) is 4. The van der Waals surface area contributed by atoms with E-state index in [1.165, 1.54) is 12.8 Å². The third-order valence-corrected chi connectivity index (χ3v) is 5.63. The first-order valence-corrected chi connectivity index (χ1v) is 13.3. The number of nitrogens with one attached hydrogen (secondary N) is 2. The molecule has 0 aliphatic carbocycles. The van der Waals surface area contributed by atoms with E-state index in [1.54, 1.807) is 25.7 Å². The first kappa shape index (κ1) is 31.5. The molecule has 36 heavy (non-hydrogen) atoms. The fourth-order valence-corrected chi connectivity index (χ4v) is 4.04. The average molecular weight is 504 g/mol. The molecule has 2 N–H and O–H groups in total. The SMILES string of the molecule is CCCCCCCCN(C(=O)CNC(=O)OC(C)(C)C)C(C(=O)NC(C)(C)C)c1ccc(C)cc1C. The number of benzene rings is 1. The van der Waals surface area contributed by atoms with Crippen LogP contribution in [-0.4, -0.2) is 47.0 Å². The first-order chi connectivity index (χ1) is 16.6. The van der Waals surface area contributed by atoms with E-state index in [0.29, 0.717) is 6.54 Å². The van der Waals surface area contributed by atoms with Crippen LogP contribution in [0, 0.1) is 13.8 Å². The van der Waals surface area contributed by atoms with Crippen LogP contribution in [0.15, 0.2) is 18.2 Å². The van der Waals surface area contributed by atoms with Gasteiger partial charge in [-0.15, -0.1) is 0 Å². The van der Waals surface area contributed by atoms with Crippen LogP contribution in [0.2, 0.25) is 0 Å². The molecular formula is C29H49N3O4. The number of carbonyl (C=O) groups excluding carboxylic acids is 3. The zero-order valence-electron chi connectivity index (χ0n) is 24.0. The van der Waals surface area contributed by atoms with Gasteiger partial charge in [-0.3, -0.25) is 9.59 Å². The number of aryl methyl sites for hydroxylation is 2. The van der Waals surface area contributed by atoms with Gasteiger partial charge in [-0.05, 0) is 72.9 Å². The summed E-state index contributed by atoms with van der Waals surface area (Å²) in [4.78, 5) is 41.0. The van der Waals surface area contributed by atoms with Gasteiger partial charge in [0, 0.05) is 12.1 Å². The summed E-state index contributed by atoms with van der Waals surface area (Å²) in [6.07, 6.45) is 5.72. The maximum absolute atomic E-state index is 13.6. The molecule has 0 heterocycles. The van der Waals surface area contributed by atoms with E-state index in [1.807, 2.05) is 52.8 Å². The zero-order valence-corrected chi connectivity index (χ0v) is 24.0. The molecule has 7 nitrogen and oxygen atoms in total. The second-order valence-electron chi connectivity index (χ2n) is 11.7. The van der Waals surface area contributed by atoms with Crippen molar-refractivity contribution in [2.45, 2.75) is 118 Å². The lowest BCUT2D eigenvalue weighted by Crippen LogP contribution is -2.51. The van der Waals surface area contributed by atoms with Gasteiger partial charge in [0.05, 0.1) is 0 Å². The van der Waals surface area contributed by atoms with E-state index >= 15 is 0 Å². The van der Waals surface area contributed by atoms with E-state index in [2.05, 4.69) is 17.6 Å². The monoisotopic (exact) mass is 503 g/mol. The van der Waals surface area contributed by atoms with Crippen molar-refractivity contribution < 1.29 is 19.1 Å². The summed E-state index contributed by atoms with van der Waals surface area (Å²) in [5.41, 5.74) is 1.70. The predicted molar refractivity (Wildman–Crippen MR) is 146 cm³/mol. The fourth-order valence-electron chi connectivity index (χ4n) is 4.04. The van der Waals surface area contributed by atoms with Crippen molar-refractivity contribution in [1.82, 2.24) is 15.5 Å². The van der Waals surface area contributed by atoms with Gasteiger partial charge in [0.2, 0.25) is 11.8 Å². The van der Waals surface area contributed by atoms with Crippen molar-refractivity contribution in [3.8, 4) is 0 Å². The Hall–Kier alpha value is -2.57. The van der Waals surface area contributed by atoms with Crippen molar-refractivity contribution in [1.29, 1.82) is 0 Å². The van der Waals surface area contributed by atoms with Crippen molar-refractivity contribution in [3.63, 3.8) is 0 Å². The Bertz CT molecular complexity index is 868. The molecule has 3 amide bonds. The average Bonchev–Trinajstić information content (AvgIpc) is 2.72. The van der Waals surface area contributed by atoms with Crippen LogP contribution in [-0.2, 0) is 14.3 Å². The Morgan fingerprint density at radius 2 is 1.56 bits per heavy atom. The van der Waals surface area contributed by atoms with Crippen LogP contribution in [0.25, 0.3) is 0 Å². The maximum Gasteiger partial charge on any atom is 0.408 e. The molecule has 0 aliphatic rings. The number of rotatable bonds is 12. The van der Waals surface area contributed by atoms with Gasteiger partial charge in [0.25, 0.3) is 0 Å². The van der Waals surface area contributed by atoms with Crippen LogP contribution in [0.4, 0.5) is 4.79 Å². The molecule has 0 aromatic heterocycles. The molecule has 1 unspecified atom stereocenters. The number of amides is 3. The van der Waals surface area contributed by atoms with Crippen LogP contribution in [0.1, 0.15) is 110 Å². The number of hydrogen-bond donors (Lipinski definition) is 2. The minimum atomic E-state index is -0.798. The third-order valence-electron chi connectivity index (χ3n) is 5.63. The maximum atomic E-state index is 13.6. The minimum absolute atomic E-state index is 0.231. The molecule has 1 aromatic rings. The number of nitrogens with zero attached hydrogens (tertiary/aromatic N) is 1. The summed E-state index contributed by atoms with van der Waals surface area (Å²) < 4.78 is 5.29. The molecule has 0 bridgehead atoms. The number of carbonyl (C=O) groups is 3. The quantitative estimate of drug-likeness (QED) is 0.344. The van der Waals surface area contributed by atoms with Crippen LogP contribution in [0.3, 0.4) is 0 Å². The number of ether oxygens (including phenoxy) is 1. The molecule has 1 rings (SSSR count). The molecule has 0 saturated carbocycles. The van der Waals surface area contributed by atoms with Gasteiger partial charge in [-0.25, -0.2) is 4.79 Å². The predicted octanol–water partition coefficient (Wildman–Crippen LogP) is 5.97. The lowest BCUT2D eigenvalue weighted by molar-refractivity contribution is -0.141. The normalized spacial score (nSPS) is 12.6. The molecule has 1 atom stereocenters. The highest BCUT2D eigenvalue weighted by Gasteiger charge is 2.34. The van der Waals surface area contributed by atoms with Crippen molar-refractivity contribution in [3.05, 3.63) is 34.9 Å². The third kappa shape index (κ3) is 11.9. The van der Waals surface area contributed by atoms with E-state index in [0.717, 1.165) is 42.4 Å². The first-order valence-electron chi connectivity index (χ1n) is 13.3. The summed E-state index contributed by atoms with van der Waals surface area (Å²) in [6, 6.07) is 5.12. The molecule has 204 valence electrons. The topological polar surface area (TPSA) is 87.7 Å². The largest absolute Gasteiger partial charge is 0.444 e. The Balaban J connectivity index is 3.25. The molecule has 0 spiro atoms. The second-order valence-corrected chi connectivity index (χ2v) is 11.7. The second kappa shape index (κ2) is 14.2. The highest BCUT2D eigenvalue weighted by molar-refractivity contribution is 5.91. The molecule has 7 heteroatoms. The van der Waals surface area contributed by atoms with Crippen LogP contribution in [0.5, 0.6) is 0 Å². The van der Waals surface area contributed by atoms with Crippen LogP contribution >= 0.6 is 0 Å². The standard InChI is InChI=1S/C29H49N3O4/c1-10-11-12-13-14-15-18-32(24(33)20-30-27(35)36-29(7,8)9)25(26(34)31-28(4,5)6)23-17-16-21(2)19-22(23)3/h16-17,19,25H,10-15,18,20H2,1-9H3,(H,30,35)(H,31,34). The van der Waals surface area contributed by atoms with Gasteiger partial charge < -0.3 is 20.3 Å². The van der Waals surface area contributed by atoms with Crippen molar-refractivity contribution in [2.75, 3.05) is 13.1 Å². The van der Waals surface area contributed by atoms with Crippen molar-refractivity contribution >= 4 is 17.9 Å². The summed E-state index contributed by atoms with van der Waals surface area (Å²) in [5.74, 6) is -0.547. The lowest BCUT2D eigenvalue weighted by Gasteiger charge is -2.34. The Morgan fingerprint density at radius 3 is 2.11 bits per heavy atom. The Labute approximate surface area is 218 Å². The fraction of sp³-hybridized carbons (Fsp3) is 0.690. The summed E-state index contributed by atoms with van der Waals surface area (Å²) >= 11 is 0. The van der Waals surface area contributed by atoms with Gasteiger partial charge in [0.15, 0.2) is 0 Å². The number of unbranched alkanes of at least 4 members (excludes halogenated alkanes) is 5. The van der Waals surface area contributed by atoms with Gasteiger partial charge >= 0.3 is 6.09 Å². The molecular weight excluding hydrogens is 454 g/mol. The van der Waals surface area contributed by atoms with E-state index in [9.17, 15) is 14.4 Å². The molecule has 0 aliphatic heterocycles. The highest BCUT2D eigenvalue weighted by Crippen LogP contribution is 2.27. The van der Waals surface area contributed by atoms with Gasteiger partial charge in [-0.1, -0.05) is 62.8 Å². The number of alkyl carbamates (subject to hydrolysis) is 1. The smallest absolute Gasteiger partial charge is 0.408 e. The van der Waals surface area contributed by atoms with E-state index in [-0.39, 0.29) is 18.4 Å². The summed E-state index contributed by atoms with van der Waals surface area (Å²) in [5, 5.41) is 5.64. The zero-order chi connectivity index (χ0) is 27.5. The molecule has 1 aromatic carbocycles. The van der Waals surface area contributed by atoms with E-state index in [4.69, 9.17) is 4.74 Å². The highest BCUT2D eigenvalue weighted by atomic mass is 16.6. The Kier molecular flexibility index (Phi) is 12.4.